The first-order valence-corrected chi connectivity index (χ1v) is 3.62. The van der Waals surface area contributed by atoms with E-state index in [-0.39, 0.29) is 6.61 Å². The van der Waals surface area contributed by atoms with Gasteiger partial charge in [-0.15, -0.1) is 0 Å². The van der Waals surface area contributed by atoms with E-state index in [1.807, 2.05) is 6.07 Å². The standard InChI is InChI=1S/C8H9FN2O2/c9-11(8(10)12)13-6-7-4-2-1-3-5-7/h1-5H,6H2,(H2,10,12). The number of carbonyl (C=O) groups is 1. The Bertz CT molecular complexity index is 279. The maximum atomic E-state index is 12.3. The Morgan fingerprint density at radius 2 is 2.08 bits per heavy atom. The molecule has 1 rings (SSSR count). The molecule has 1 aromatic carbocycles. The molecule has 70 valence electrons. The van der Waals surface area contributed by atoms with E-state index in [0.29, 0.717) is 0 Å². The second-order valence-electron chi connectivity index (χ2n) is 2.34. The quantitative estimate of drug-likeness (QED) is 0.570. The number of hydrogen-bond acceptors (Lipinski definition) is 2. The number of primary amides is 1. The Morgan fingerprint density at radius 1 is 1.46 bits per heavy atom. The van der Waals surface area contributed by atoms with Crippen molar-refractivity contribution >= 4 is 6.03 Å². The van der Waals surface area contributed by atoms with Gasteiger partial charge < -0.3 is 5.73 Å². The molecule has 5 heteroatoms. The summed E-state index contributed by atoms with van der Waals surface area (Å²) in [6, 6.07) is 7.61. The SMILES string of the molecule is NC(=O)N(F)OCc1ccccc1. The molecule has 0 aliphatic rings. The van der Waals surface area contributed by atoms with Gasteiger partial charge in [-0.25, -0.2) is 9.63 Å². The van der Waals surface area contributed by atoms with Crippen LogP contribution in [0, 0.1) is 0 Å². The molecule has 0 aliphatic carbocycles. The van der Waals surface area contributed by atoms with Gasteiger partial charge in [-0.05, 0) is 10.8 Å². The van der Waals surface area contributed by atoms with E-state index < -0.39 is 11.3 Å². The summed E-state index contributed by atoms with van der Waals surface area (Å²) < 4.78 is 12.3. The minimum Gasteiger partial charge on any atom is -0.348 e. The van der Waals surface area contributed by atoms with Gasteiger partial charge >= 0.3 is 6.03 Å². The Kier molecular flexibility index (Phi) is 3.22. The Balaban J connectivity index is 2.39. The summed E-state index contributed by atoms with van der Waals surface area (Å²) in [5.41, 5.74) is 5.34. The molecule has 0 heterocycles. The Labute approximate surface area is 74.6 Å². The van der Waals surface area contributed by atoms with Crippen LogP contribution in [-0.4, -0.2) is 11.3 Å². The molecular formula is C8H9FN2O2. The first-order chi connectivity index (χ1) is 6.20. The highest BCUT2D eigenvalue weighted by Gasteiger charge is 2.07. The van der Waals surface area contributed by atoms with E-state index in [4.69, 9.17) is 0 Å². The lowest BCUT2D eigenvalue weighted by Gasteiger charge is -2.07. The number of nitrogens with two attached hydrogens (primary N) is 1. The number of hydrogen-bond donors (Lipinski definition) is 1. The molecular weight excluding hydrogens is 175 g/mol. The van der Waals surface area contributed by atoms with E-state index in [1.165, 1.54) is 0 Å². The molecule has 0 spiro atoms. The molecule has 0 saturated heterocycles. The van der Waals surface area contributed by atoms with Gasteiger partial charge in [0, 0.05) is 0 Å². The number of rotatable bonds is 3. The van der Waals surface area contributed by atoms with Crippen LogP contribution in [0.3, 0.4) is 0 Å². The second-order valence-corrected chi connectivity index (χ2v) is 2.34. The number of amides is 2. The number of halogens is 1. The molecule has 0 unspecified atom stereocenters. The van der Waals surface area contributed by atoms with Crippen molar-refractivity contribution in [2.45, 2.75) is 6.61 Å². The lowest BCUT2D eigenvalue weighted by atomic mass is 10.2. The average molecular weight is 184 g/mol. The lowest BCUT2D eigenvalue weighted by Crippen LogP contribution is -2.28. The van der Waals surface area contributed by atoms with Gasteiger partial charge in [-0.1, -0.05) is 34.8 Å². The van der Waals surface area contributed by atoms with Crippen LogP contribution in [0.2, 0.25) is 0 Å². The second kappa shape index (κ2) is 4.42. The summed E-state index contributed by atoms with van der Waals surface area (Å²) in [5, 5.41) is -0.493. The summed E-state index contributed by atoms with van der Waals surface area (Å²) >= 11 is 0. The van der Waals surface area contributed by atoms with Gasteiger partial charge in [0.15, 0.2) is 0 Å². The average Bonchev–Trinajstić information content (AvgIpc) is 2.15. The minimum atomic E-state index is -1.27. The third kappa shape index (κ3) is 3.08. The van der Waals surface area contributed by atoms with Gasteiger partial charge in [0.1, 0.15) is 6.61 Å². The highest BCUT2D eigenvalue weighted by molar-refractivity contribution is 5.69. The molecule has 1 aromatic rings. The number of benzene rings is 1. The van der Waals surface area contributed by atoms with Crippen molar-refractivity contribution < 1.29 is 14.1 Å². The van der Waals surface area contributed by atoms with E-state index in [2.05, 4.69) is 10.6 Å². The molecule has 0 fully saturated rings. The summed E-state index contributed by atoms with van der Waals surface area (Å²) in [6.07, 6.45) is 0. The molecule has 0 atom stereocenters. The van der Waals surface area contributed by atoms with E-state index in [1.54, 1.807) is 24.3 Å². The minimum absolute atomic E-state index is 0.0275. The predicted octanol–water partition coefficient (Wildman–Crippen LogP) is 1.38. The van der Waals surface area contributed by atoms with Crippen LogP contribution in [0.25, 0.3) is 0 Å². The van der Waals surface area contributed by atoms with E-state index in [9.17, 15) is 9.28 Å². The van der Waals surface area contributed by atoms with Crippen LogP contribution >= 0.6 is 0 Å². The molecule has 0 saturated carbocycles. The maximum Gasteiger partial charge on any atom is 0.368 e. The number of nitrogens with zero attached hydrogens (tertiary/aromatic N) is 1. The first-order valence-electron chi connectivity index (χ1n) is 3.62. The third-order valence-electron chi connectivity index (χ3n) is 1.36. The highest BCUT2D eigenvalue weighted by atomic mass is 19.2. The maximum absolute atomic E-state index is 12.3. The fourth-order valence-corrected chi connectivity index (χ4v) is 0.769. The summed E-state index contributed by atoms with van der Waals surface area (Å²) in [7, 11) is 0. The molecule has 13 heavy (non-hydrogen) atoms. The molecule has 0 aromatic heterocycles. The molecule has 0 aliphatic heterocycles. The highest BCUT2D eigenvalue weighted by Crippen LogP contribution is 2.02. The fourth-order valence-electron chi connectivity index (χ4n) is 0.769. The topological polar surface area (TPSA) is 55.6 Å². The number of urea groups is 1. The van der Waals surface area contributed by atoms with Gasteiger partial charge in [0.05, 0.1) is 0 Å². The zero-order valence-corrected chi connectivity index (χ0v) is 6.81. The predicted molar refractivity (Wildman–Crippen MR) is 43.8 cm³/mol. The molecule has 2 amide bonds. The van der Waals surface area contributed by atoms with Crippen molar-refractivity contribution in [3.63, 3.8) is 0 Å². The van der Waals surface area contributed by atoms with Crippen LogP contribution < -0.4 is 5.73 Å². The van der Waals surface area contributed by atoms with Gasteiger partial charge in [-0.2, -0.15) is 0 Å². The van der Waals surface area contributed by atoms with Gasteiger partial charge in [-0.3, -0.25) is 0 Å². The summed E-state index contributed by atoms with van der Waals surface area (Å²) in [4.78, 5) is 14.6. The van der Waals surface area contributed by atoms with Crippen molar-refractivity contribution in [3.8, 4) is 0 Å². The van der Waals surface area contributed by atoms with Gasteiger partial charge in [0.25, 0.3) is 0 Å². The zero-order valence-electron chi connectivity index (χ0n) is 6.81. The third-order valence-corrected chi connectivity index (χ3v) is 1.36. The van der Waals surface area contributed by atoms with Crippen molar-refractivity contribution in [3.05, 3.63) is 35.9 Å². The fraction of sp³-hybridized carbons (Fsp3) is 0.125. The van der Waals surface area contributed by atoms with Crippen molar-refractivity contribution in [1.82, 2.24) is 5.29 Å². The van der Waals surface area contributed by atoms with Crippen LogP contribution in [0.4, 0.5) is 9.28 Å². The van der Waals surface area contributed by atoms with Crippen molar-refractivity contribution in [1.29, 1.82) is 0 Å². The molecule has 2 N–H and O–H groups in total. The summed E-state index contributed by atoms with van der Waals surface area (Å²) in [6.45, 7) is -0.0275. The summed E-state index contributed by atoms with van der Waals surface area (Å²) in [5.74, 6) is 0. The van der Waals surface area contributed by atoms with Crippen LogP contribution in [0.1, 0.15) is 5.56 Å². The Hall–Kier alpha value is -1.62. The molecule has 4 nitrogen and oxygen atoms in total. The molecule has 0 radical (unpaired) electrons. The van der Waals surface area contributed by atoms with Crippen LogP contribution in [-0.2, 0) is 11.4 Å². The van der Waals surface area contributed by atoms with Crippen LogP contribution in [0.15, 0.2) is 30.3 Å². The zero-order chi connectivity index (χ0) is 9.68. The normalized spacial score (nSPS) is 9.62. The van der Waals surface area contributed by atoms with Crippen molar-refractivity contribution in [2.24, 2.45) is 5.73 Å². The lowest BCUT2D eigenvalue weighted by molar-refractivity contribution is -0.241. The Morgan fingerprint density at radius 3 is 2.62 bits per heavy atom. The first kappa shape index (κ1) is 9.47. The monoisotopic (exact) mass is 184 g/mol. The van der Waals surface area contributed by atoms with Crippen molar-refractivity contribution in [2.75, 3.05) is 0 Å². The van der Waals surface area contributed by atoms with E-state index in [0.717, 1.165) is 5.56 Å². The smallest absolute Gasteiger partial charge is 0.348 e. The van der Waals surface area contributed by atoms with Gasteiger partial charge in [0.2, 0.25) is 0 Å². The number of carbonyl (C=O) groups excluding carboxylic acids is 1. The van der Waals surface area contributed by atoms with E-state index >= 15 is 0 Å². The molecule has 0 bridgehead atoms. The van der Waals surface area contributed by atoms with Crippen LogP contribution in [0.5, 0.6) is 0 Å². The number of hydroxylamine groups is 1. The largest absolute Gasteiger partial charge is 0.368 e.